The SMILES string of the molecule is NC[C@@H]1C[C@H]1CCN1CCOCC1. The number of nitrogens with zero attached hydrogens (tertiary/aromatic N) is 1. The summed E-state index contributed by atoms with van der Waals surface area (Å²) in [4.78, 5) is 2.51. The fourth-order valence-electron chi connectivity index (χ4n) is 2.13. The first-order chi connectivity index (χ1) is 6.40. The fourth-order valence-corrected chi connectivity index (χ4v) is 2.13. The van der Waals surface area contributed by atoms with Crippen molar-refractivity contribution in [2.45, 2.75) is 12.8 Å². The highest BCUT2D eigenvalue weighted by atomic mass is 16.5. The molecule has 0 amide bonds. The topological polar surface area (TPSA) is 38.5 Å². The van der Waals surface area contributed by atoms with Crippen molar-refractivity contribution in [3.8, 4) is 0 Å². The van der Waals surface area contributed by atoms with Crippen molar-refractivity contribution < 1.29 is 4.74 Å². The molecule has 1 saturated carbocycles. The molecular formula is C10H20N2O. The Morgan fingerprint density at radius 3 is 2.62 bits per heavy atom. The molecule has 1 aliphatic carbocycles. The van der Waals surface area contributed by atoms with Crippen LogP contribution in [0.25, 0.3) is 0 Å². The minimum atomic E-state index is 0.848. The van der Waals surface area contributed by atoms with E-state index in [4.69, 9.17) is 10.5 Å². The lowest BCUT2D eigenvalue weighted by Gasteiger charge is -2.26. The van der Waals surface area contributed by atoms with E-state index in [-0.39, 0.29) is 0 Å². The highest BCUT2D eigenvalue weighted by Crippen LogP contribution is 2.40. The molecule has 0 bridgehead atoms. The van der Waals surface area contributed by atoms with E-state index in [0.717, 1.165) is 44.7 Å². The second-order valence-electron chi connectivity index (χ2n) is 4.23. The number of rotatable bonds is 4. The van der Waals surface area contributed by atoms with Crippen molar-refractivity contribution in [3.05, 3.63) is 0 Å². The van der Waals surface area contributed by atoms with Gasteiger partial charge in [-0.1, -0.05) is 0 Å². The van der Waals surface area contributed by atoms with Gasteiger partial charge >= 0.3 is 0 Å². The average Bonchev–Trinajstić information content (AvgIpc) is 2.95. The predicted octanol–water partition coefficient (Wildman–Crippen LogP) is 0.304. The Morgan fingerprint density at radius 2 is 2.00 bits per heavy atom. The zero-order valence-corrected chi connectivity index (χ0v) is 8.24. The molecule has 2 N–H and O–H groups in total. The van der Waals surface area contributed by atoms with Gasteiger partial charge in [-0.05, 0) is 37.8 Å². The second-order valence-corrected chi connectivity index (χ2v) is 4.23. The minimum Gasteiger partial charge on any atom is -0.379 e. The van der Waals surface area contributed by atoms with Crippen LogP contribution in [0.15, 0.2) is 0 Å². The summed E-state index contributed by atoms with van der Waals surface area (Å²) in [5.41, 5.74) is 5.60. The van der Waals surface area contributed by atoms with Gasteiger partial charge < -0.3 is 10.5 Å². The molecule has 1 heterocycles. The van der Waals surface area contributed by atoms with Gasteiger partial charge in [0.15, 0.2) is 0 Å². The Morgan fingerprint density at radius 1 is 1.23 bits per heavy atom. The zero-order valence-electron chi connectivity index (χ0n) is 8.24. The van der Waals surface area contributed by atoms with Gasteiger partial charge in [0.2, 0.25) is 0 Å². The first-order valence-corrected chi connectivity index (χ1v) is 5.40. The van der Waals surface area contributed by atoms with Gasteiger partial charge in [0.1, 0.15) is 0 Å². The van der Waals surface area contributed by atoms with Crippen molar-refractivity contribution in [1.29, 1.82) is 0 Å². The van der Waals surface area contributed by atoms with Crippen molar-refractivity contribution in [3.63, 3.8) is 0 Å². The van der Waals surface area contributed by atoms with Crippen LogP contribution in [0, 0.1) is 11.8 Å². The molecule has 3 nitrogen and oxygen atoms in total. The molecule has 3 heteroatoms. The molecule has 2 rings (SSSR count). The molecule has 0 unspecified atom stereocenters. The summed E-state index contributed by atoms with van der Waals surface area (Å²) >= 11 is 0. The third-order valence-electron chi connectivity index (χ3n) is 3.29. The molecule has 0 aromatic carbocycles. The van der Waals surface area contributed by atoms with Gasteiger partial charge in [0, 0.05) is 13.1 Å². The van der Waals surface area contributed by atoms with Gasteiger partial charge in [0.25, 0.3) is 0 Å². The van der Waals surface area contributed by atoms with E-state index in [1.54, 1.807) is 0 Å². The molecule has 0 aromatic heterocycles. The van der Waals surface area contributed by atoms with E-state index in [9.17, 15) is 0 Å². The lowest BCUT2D eigenvalue weighted by atomic mass is 10.2. The quantitative estimate of drug-likeness (QED) is 0.683. The maximum absolute atomic E-state index is 5.60. The van der Waals surface area contributed by atoms with Gasteiger partial charge in [-0.25, -0.2) is 0 Å². The van der Waals surface area contributed by atoms with Crippen molar-refractivity contribution in [2.24, 2.45) is 17.6 Å². The van der Waals surface area contributed by atoms with Gasteiger partial charge in [-0.2, -0.15) is 0 Å². The molecule has 1 saturated heterocycles. The van der Waals surface area contributed by atoms with Crippen LogP contribution in [0.1, 0.15) is 12.8 Å². The molecule has 13 heavy (non-hydrogen) atoms. The van der Waals surface area contributed by atoms with Gasteiger partial charge in [-0.15, -0.1) is 0 Å². The number of nitrogens with two attached hydrogens (primary N) is 1. The Kier molecular flexibility index (Phi) is 3.19. The molecule has 2 atom stereocenters. The maximum atomic E-state index is 5.60. The Labute approximate surface area is 80.2 Å². The number of hydrogen-bond donors (Lipinski definition) is 1. The van der Waals surface area contributed by atoms with Crippen molar-refractivity contribution in [1.82, 2.24) is 4.90 Å². The Bertz CT molecular complexity index is 157. The minimum absolute atomic E-state index is 0.848. The first kappa shape index (κ1) is 9.44. The van der Waals surface area contributed by atoms with E-state index in [2.05, 4.69) is 4.90 Å². The Hall–Kier alpha value is -0.120. The van der Waals surface area contributed by atoms with Crippen LogP contribution in [0.3, 0.4) is 0 Å². The number of morpholine rings is 1. The molecular weight excluding hydrogens is 164 g/mol. The summed E-state index contributed by atoms with van der Waals surface area (Å²) in [7, 11) is 0. The summed E-state index contributed by atoms with van der Waals surface area (Å²) in [5.74, 6) is 1.79. The van der Waals surface area contributed by atoms with Gasteiger partial charge in [-0.3, -0.25) is 4.90 Å². The van der Waals surface area contributed by atoms with E-state index in [0.29, 0.717) is 0 Å². The maximum Gasteiger partial charge on any atom is 0.0594 e. The lowest BCUT2D eigenvalue weighted by molar-refractivity contribution is 0.0366. The van der Waals surface area contributed by atoms with E-state index >= 15 is 0 Å². The Balaban J connectivity index is 1.57. The standard InChI is InChI=1S/C10H20N2O/c11-8-10-7-9(10)1-2-12-3-5-13-6-4-12/h9-10H,1-8,11H2/t9-,10+/m1/s1. The summed E-state index contributed by atoms with van der Waals surface area (Å²) in [6.45, 7) is 6.24. The lowest BCUT2D eigenvalue weighted by Crippen LogP contribution is -2.37. The summed E-state index contributed by atoms with van der Waals surface area (Å²) in [5, 5.41) is 0. The third kappa shape index (κ3) is 2.66. The normalized spacial score (nSPS) is 34.8. The summed E-state index contributed by atoms with van der Waals surface area (Å²) in [6.07, 6.45) is 2.72. The van der Waals surface area contributed by atoms with Crippen LogP contribution in [0.4, 0.5) is 0 Å². The van der Waals surface area contributed by atoms with E-state index in [1.807, 2.05) is 0 Å². The molecule has 0 radical (unpaired) electrons. The van der Waals surface area contributed by atoms with E-state index in [1.165, 1.54) is 19.4 Å². The molecule has 0 aromatic rings. The smallest absolute Gasteiger partial charge is 0.0594 e. The van der Waals surface area contributed by atoms with E-state index < -0.39 is 0 Å². The van der Waals surface area contributed by atoms with Crippen LogP contribution in [-0.2, 0) is 4.74 Å². The molecule has 2 aliphatic rings. The van der Waals surface area contributed by atoms with Crippen LogP contribution in [-0.4, -0.2) is 44.3 Å². The predicted molar refractivity (Wildman–Crippen MR) is 52.5 cm³/mol. The molecule has 76 valence electrons. The zero-order chi connectivity index (χ0) is 9.10. The average molecular weight is 184 g/mol. The number of ether oxygens (including phenoxy) is 1. The van der Waals surface area contributed by atoms with Crippen molar-refractivity contribution in [2.75, 3.05) is 39.4 Å². The number of hydrogen-bond acceptors (Lipinski definition) is 3. The highest BCUT2D eigenvalue weighted by Gasteiger charge is 2.35. The highest BCUT2D eigenvalue weighted by molar-refractivity contribution is 4.87. The van der Waals surface area contributed by atoms with Crippen molar-refractivity contribution >= 4 is 0 Å². The second kappa shape index (κ2) is 4.40. The van der Waals surface area contributed by atoms with Gasteiger partial charge in [0.05, 0.1) is 13.2 Å². The third-order valence-corrected chi connectivity index (χ3v) is 3.29. The summed E-state index contributed by atoms with van der Waals surface area (Å²) in [6, 6.07) is 0. The summed E-state index contributed by atoms with van der Waals surface area (Å²) < 4.78 is 5.30. The first-order valence-electron chi connectivity index (χ1n) is 5.40. The molecule has 0 spiro atoms. The monoisotopic (exact) mass is 184 g/mol. The molecule has 2 fully saturated rings. The van der Waals surface area contributed by atoms with Crippen LogP contribution in [0.5, 0.6) is 0 Å². The molecule has 1 aliphatic heterocycles. The van der Waals surface area contributed by atoms with Crippen LogP contribution < -0.4 is 5.73 Å². The van der Waals surface area contributed by atoms with Crippen LogP contribution >= 0.6 is 0 Å². The largest absolute Gasteiger partial charge is 0.379 e. The fraction of sp³-hybridized carbons (Fsp3) is 1.00. The van der Waals surface area contributed by atoms with Crippen LogP contribution in [0.2, 0.25) is 0 Å².